The summed E-state index contributed by atoms with van der Waals surface area (Å²) in [6.07, 6.45) is 4.71. The van der Waals surface area contributed by atoms with E-state index < -0.39 is 0 Å². The zero-order valence-electron chi connectivity index (χ0n) is 13.5. The lowest BCUT2D eigenvalue weighted by Crippen LogP contribution is -2.53. The number of rotatable bonds is 4. The number of likely N-dealkylation sites (tertiary alicyclic amines) is 1. The molecule has 23 heavy (non-hydrogen) atoms. The molecule has 3 heterocycles. The first-order valence-electron chi connectivity index (χ1n) is 8.35. The van der Waals surface area contributed by atoms with Gasteiger partial charge in [-0.15, -0.1) is 23.7 Å². The number of aryl methyl sites for hydroxylation is 1. The van der Waals surface area contributed by atoms with Gasteiger partial charge in [-0.05, 0) is 49.1 Å². The first-order chi connectivity index (χ1) is 10.7. The number of nitrogens with zero attached hydrogens (tertiary/aromatic N) is 1. The van der Waals surface area contributed by atoms with Crippen molar-refractivity contribution < 1.29 is 9.90 Å². The average Bonchev–Trinajstić information content (AvgIpc) is 3.07. The second kappa shape index (κ2) is 8.47. The van der Waals surface area contributed by atoms with Crippen molar-refractivity contribution in [1.82, 2.24) is 10.2 Å². The summed E-state index contributed by atoms with van der Waals surface area (Å²) >= 11 is 1.73. The molecular weight excluding hydrogens is 332 g/mol. The van der Waals surface area contributed by atoms with Gasteiger partial charge in [0.2, 0.25) is 5.91 Å². The second-order valence-electron chi connectivity index (χ2n) is 6.66. The van der Waals surface area contributed by atoms with Gasteiger partial charge in [-0.2, -0.15) is 0 Å². The number of piperidine rings is 2. The molecule has 1 aromatic heterocycles. The molecule has 2 N–H and O–H groups in total. The van der Waals surface area contributed by atoms with Gasteiger partial charge >= 0.3 is 0 Å². The maximum Gasteiger partial charge on any atom is 0.222 e. The zero-order valence-corrected chi connectivity index (χ0v) is 15.1. The third-order valence-corrected chi connectivity index (χ3v) is 6.49. The van der Waals surface area contributed by atoms with Crippen molar-refractivity contribution in [3.8, 4) is 0 Å². The lowest BCUT2D eigenvalue weighted by molar-refractivity contribution is -0.134. The average molecular weight is 359 g/mol. The Morgan fingerprint density at radius 3 is 2.83 bits per heavy atom. The van der Waals surface area contributed by atoms with E-state index in [4.69, 9.17) is 0 Å². The normalized spacial score (nSPS) is 23.5. The first-order valence-corrected chi connectivity index (χ1v) is 9.23. The van der Waals surface area contributed by atoms with Gasteiger partial charge < -0.3 is 15.3 Å². The van der Waals surface area contributed by atoms with Crippen LogP contribution >= 0.6 is 23.7 Å². The third kappa shape index (κ3) is 4.27. The summed E-state index contributed by atoms with van der Waals surface area (Å²) in [4.78, 5) is 15.7. The monoisotopic (exact) mass is 358 g/mol. The number of thiophene rings is 1. The van der Waals surface area contributed by atoms with Gasteiger partial charge in [0.15, 0.2) is 0 Å². The van der Waals surface area contributed by atoms with Crippen molar-refractivity contribution in [3.05, 3.63) is 22.4 Å². The largest absolute Gasteiger partial charge is 0.396 e. The lowest BCUT2D eigenvalue weighted by Gasteiger charge is -2.49. The van der Waals surface area contributed by atoms with E-state index in [9.17, 15) is 9.90 Å². The minimum absolute atomic E-state index is 0. The maximum atomic E-state index is 12.4. The number of halogens is 1. The number of carbonyl (C=O) groups is 1. The van der Waals surface area contributed by atoms with Crippen molar-refractivity contribution in [3.63, 3.8) is 0 Å². The predicted octanol–water partition coefficient (Wildman–Crippen LogP) is 2.31. The van der Waals surface area contributed by atoms with Gasteiger partial charge in [0.05, 0.1) is 0 Å². The number of aliphatic hydroxyl groups excluding tert-OH is 1. The van der Waals surface area contributed by atoms with Gasteiger partial charge in [0.1, 0.15) is 0 Å². The second-order valence-corrected chi connectivity index (χ2v) is 7.69. The zero-order chi connectivity index (χ0) is 15.4. The summed E-state index contributed by atoms with van der Waals surface area (Å²) in [5, 5.41) is 15.1. The van der Waals surface area contributed by atoms with Gasteiger partial charge in [0, 0.05) is 43.5 Å². The SMILES string of the molecule is Cl.O=C(CCc1cccs1)N1CCC2(CCNCC2CO)CC1. The number of hydrogen-bond donors (Lipinski definition) is 2. The Morgan fingerprint density at radius 2 is 2.17 bits per heavy atom. The van der Waals surface area contributed by atoms with Crippen LogP contribution in [0, 0.1) is 11.3 Å². The molecule has 2 aliphatic heterocycles. The third-order valence-electron chi connectivity index (χ3n) is 5.55. The Bertz CT molecular complexity index is 487. The van der Waals surface area contributed by atoms with E-state index in [1.165, 1.54) is 4.88 Å². The van der Waals surface area contributed by atoms with Gasteiger partial charge in [-0.3, -0.25) is 4.79 Å². The number of amides is 1. The Balaban J connectivity index is 0.00000192. The highest BCUT2D eigenvalue weighted by Crippen LogP contribution is 2.43. The van der Waals surface area contributed by atoms with E-state index in [-0.39, 0.29) is 30.3 Å². The van der Waals surface area contributed by atoms with Gasteiger partial charge in [-0.25, -0.2) is 0 Å². The summed E-state index contributed by atoms with van der Waals surface area (Å²) in [6.45, 7) is 3.95. The van der Waals surface area contributed by atoms with E-state index in [1.54, 1.807) is 11.3 Å². The van der Waals surface area contributed by atoms with Crippen LogP contribution in [0.15, 0.2) is 17.5 Å². The van der Waals surface area contributed by atoms with Crippen LogP contribution in [-0.2, 0) is 11.2 Å². The smallest absolute Gasteiger partial charge is 0.222 e. The first kappa shape index (κ1) is 18.7. The molecular formula is C17H27ClN2O2S. The van der Waals surface area contributed by atoms with Crippen LogP contribution in [-0.4, -0.2) is 48.7 Å². The Labute approximate surface area is 148 Å². The minimum Gasteiger partial charge on any atom is -0.396 e. The fraction of sp³-hybridized carbons (Fsp3) is 0.706. The summed E-state index contributed by atoms with van der Waals surface area (Å²) in [7, 11) is 0. The van der Waals surface area contributed by atoms with Crippen molar-refractivity contribution in [2.75, 3.05) is 32.8 Å². The molecule has 3 rings (SSSR count). The van der Waals surface area contributed by atoms with Crippen LogP contribution in [0.4, 0.5) is 0 Å². The summed E-state index contributed by atoms with van der Waals surface area (Å²) in [5.74, 6) is 0.641. The summed E-state index contributed by atoms with van der Waals surface area (Å²) in [6, 6.07) is 4.14. The molecule has 1 atom stereocenters. The Kier molecular flexibility index (Phi) is 6.89. The van der Waals surface area contributed by atoms with Crippen LogP contribution in [0.5, 0.6) is 0 Å². The maximum absolute atomic E-state index is 12.4. The molecule has 0 bridgehead atoms. The standard InChI is InChI=1S/C17H26N2O2S.ClH/c20-13-14-12-18-8-5-17(14)6-9-19(10-7-17)16(21)4-3-15-2-1-11-22-15;/h1-2,11,14,18,20H,3-10,12-13H2;1H. The molecule has 0 radical (unpaired) electrons. The van der Waals surface area contributed by atoms with Crippen LogP contribution in [0.25, 0.3) is 0 Å². The molecule has 1 amide bonds. The highest BCUT2D eigenvalue weighted by molar-refractivity contribution is 7.09. The molecule has 1 unspecified atom stereocenters. The molecule has 130 valence electrons. The Morgan fingerprint density at radius 1 is 1.39 bits per heavy atom. The molecule has 0 aromatic carbocycles. The molecule has 2 fully saturated rings. The number of nitrogens with one attached hydrogen (secondary N) is 1. The van der Waals surface area contributed by atoms with E-state index in [0.717, 1.165) is 51.9 Å². The number of hydrogen-bond acceptors (Lipinski definition) is 4. The predicted molar refractivity (Wildman–Crippen MR) is 96.2 cm³/mol. The van der Waals surface area contributed by atoms with Crippen molar-refractivity contribution in [1.29, 1.82) is 0 Å². The number of aliphatic hydroxyl groups is 1. The van der Waals surface area contributed by atoms with Crippen LogP contribution in [0.3, 0.4) is 0 Å². The topological polar surface area (TPSA) is 52.6 Å². The molecule has 6 heteroatoms. The summed E-state index contributed by atoms with van der Waals surface area (Å²) < 4.78 is 0. The van der Waals surface area contributed by atoms with E-state index >= 15 is 0 Å². The lowest BCUT2D eigenvalue weighted by atomic mass is 9.65. The van der Waals surface area contributed by atoms with Crippen LogP contribution in [0.1, 0.15) is 30.6 Å². The van der Waals surface area contributed by atoms with E-state index in [1.807, 2.05) is 11.0 Å². The van der Waals surface area contributed by atoms with Crippen molar-refractivity contribution in [2.24, 2.45) is 11.3 Å². The molecule has 1 aromatic rings. The van der Waals surface area contributed by atoms with Crippen LogP contribution < -0.4 is 5.32 Å². The van der Waals surface area contributed by atoms with Gasteiger partial charge in [-0.1, -0.05) is 6.07 Å². The summed E-state index contributed by atoms with van der Waals surface area (Å²) in [5.41, 5.74) is 0.254. The highest BCUT2D eigenvalue weighted by atomic mass is 35.5. The molecule has 1 spiro atoms. The van der Waals surface area contributed by atoms with E-state index in [0.29, 0.717) is 12.3 Å². The van der Waals surface area contributed by atoms with Crippen molar-refractivity contribution >= 4 is 29.7 Å². The number of carbonyl (C=O) groups excluding carboxylic acids is 1. The highest BCUT2D eigenvalue weighted by Gasteiger charge is 2.43. The van der Waals surface area contributed by atoms with Gasteiger partial charge in [0.25, 0.3) is 0 Å². The molecule has 0 saturated carbocycles. The fourth-order valence-corrected chi connectivity index (χ4v) is 4.70. The molecule has 2 saturated heterocycles. The molecule has 0 aliphatic carbocycles. The minimum atomic E-state index is 0. The van der Waals surface area contributed by atoms with Crippen molar-refractivity contribution in [2.45, 2.75) is 32.1 Å². The van der Waals surface area contributed by atoms with E-state index in [2.05, 4.69) is 16.8 Å². The Hall–Kier alpha value is -0.620. The van der Waals surface area contributed by atoms with Crippen LogP contribution in [0.2, 0.25) is 0 Å². The fourth-order valence-electron chi connectivity index (χ4n) is 4.00. The molecule has 2 aliphatic rings. The molecule has 4 nitrogen and oxygen atoms in total. The quantitative estimate of drug-likeness (QED) is 0.868.